The first kappa shape index (κ1) is 18.0. The summed E-state index contributed by atoms with van der Waals surface area (Å²) < 4.78 is 0. The van der Waals surface area contributed by atoms with Crippen molar-refractivity contribution in [1.29, 1.82) is 0 Å². The van der Waals surface area contributed by atoms with Gasteiger partial charge in [-0.25, -0.2) is 0 Å². The molecule has 27 heavy (non-hydrogen) atoms. The van der Waals surface area contributed by atoms with Crippen LogP contribution in [-0.2, 0) is 0 Å². The fourth-order valence-electron chi connectivity index (χ4n) is 5.01. The maximum Gasteiger partial charge on any atom is 0.408 e. The Morgan fingerprint density at radius 1 is 0.852 bits per heavy atom. The smallest absolute Gasteiger partial charge is 0.397 e. The van der Waals surface area contributed by atoms with E-state index in [1.165, 1.54) is 33.0 Å². The largest absolute Gasteiger partial charge is 0.408 e. The maximum atomic E-state index is 2.58. The Morgan fingerprint density at radius 3 is 2.04 bits per heavy atom. The minimum Gasteiger partial charge on any atom is -0.397 e. The topological polar surface area (TPSA) is 9.72 Å². The molecule has 2 aliphatic rings. The van der Waals surface area contributed by atoms with Crippen molar-refractivity contribution in [3.63, 3.8) is 0 Å². The second-order valence-electron chi connectivity index (χ2n) is 8.95. The van der Waals surface area contributed by atoms with Crippen LogP contribution in [0.2, 0.25) is 0 Å². The molecule has 2 aliphatic heterocycles. The van der Waals surface area contributed by atoms with E-state index < -0.39 is 0 Å². The lowest BCUT2D eigenvalue weighted by molar-refractivity contribution is 0.478. The van der Waals surface area contributed by atoms with Crippen LogP contribution in [0.3, 0.4) is 0 Å². The summed E-state index contributed by atoms with van der Waals surface area (Å²) in [5.74, 6) is 0. The third-order valence-corrected chi connectivity index (χ3v) is 6.19. The van der Waals surface area contributed by atoms with Crippen molar-refractivity contribution < 1.29 is 0 Å². The van der Waals surface area contributed by atoms with Crippen molar-refractivity contribution in [2.75, 3.05) is 23.8 Å². The SMILES string of the molecule is CC1=c2ccccc2=C(C(C)(C)C)N(C)B1N1c2ccccc2N(C)[C@@H]1C. The first-order valence-corrected chi connectivity index (χ1v) is 9.87. The second-order valence-corrected chi connectivity index (χ2v) is 8.95. The van der Waals surface area contributed by atoms with Crippen LogP contribution < -0.4 is 20.1 Å². The molecule has 4 rings (SSSR count). The van der Waals surface area contributed by atoms with Crippen molar-refractivity contribution in [3.05, 3.63) is 59.0 Å². The van der Waals surface area contributed by atoms with E-state index in [4.69, 9.17) is 0 Å². The van der Waals surface area contributed by atoms with Gasteiger partial charge in [0.15, 0.2) is 0 Å². The molecule has 0 bridgehead atoms. The van der Waals surface area contributed by atoms with Gasteiger partial charge in [0.05, 0.1) is 17.5 Å². The molecular weight excluding hydrogens is 329 g/mol. The number of para-hydroxylation sites is 2. The zero-order valence-electron chi connectivity index (χ0n) is 17.6. The van der Waals surface area contributed by atoms with Gasteiger partial charge in [-0.1, -0.05) is 57.2 Å². The standard InChI is InChI=1S/C23H30BN3/c1-16-18-12-8-9-13-19(18)22(23(3,4)5)26(7)24(16)27-17(2)25(6)20-14-10-11-15-21(20)27/h8-15,17H,1-7H3/t17-/m0/s1. The van der Waals surface area contributed by atoms with E-state index in [0.717, 1.165) is 0 Å². The molecule has 140 valence electrons. The number of anilines is 2. The van der Waals surface area contributed by atoms with Gasteiger partial charge in [0.1, 0.15) is 0 Å². The number of benzene rings is 2. The molecule has 1 atom stereocenters. The molecule has 0 saturated carbocycles. The average molecular weight is 359 g/mol. The van der Waals surface area contributed by atoms with Gasteiger partial charge >= 0.3 is 6.98 Å². The third-order valence-electron chi connectivity index (χ3n) is 6.19. The van der Waals surface area contributed by atoms with Crippen molar-refractivity contribution in [2.45, 2.75) is 40.8 Å². The zero-order valence-corrected chi connectivity index (χ0v) is 17.6. The fourth-order valence-corrected chi connectivity index (χ4v) is 5.01. The number of rotatable bonds is 1. The third kappa shape index (κ3) is 2.57. The van der Waals surface area contributed by atoms with E-state index in [2.05, 4.69) is 112 Å². The van der Waals surface area contributed by atoms with Crippen LogP contribution in [0.4, 0.5) is 11.4 Å². The summed E-state index contributed by atoms with van der Waals surface area (Å²) >= 11 is 0. The number of fused-ring (bicyclic) bond motifs is 2. The van der Waals surface area contributed by atoms with Crippen LogP contribution >= 0.6 is 0 Å². The van der Waals surface area contributed by atoms with Gasteiger partial charge in [0.25, 0.3) is 0 Å². The van der Waals surface area contributed by atoms with Crippen LogP contribution in [0.15, 0.2) is 48.5 Å². The molecule has 0 spiro atoms. The highest BCUT2D eigenvalue weighted by molar-refractivity contribution is 6.79. The normalized spacial score (nSPS) is 19.6. The molecule has 3 nitrogen and oxygen atoms in total. The van der Waals surface area contributed by atoms with Gasteiger partial charge < -0.3 is 14.5 Å². The molecule has 0 radical (unpaired) electrons. The van der Waals surface area contributed by atoms with Crippen LogP contribution in [0.25, 0.3) is 11.2 Å². The van der Waals surface area contributed by atoms with Gasteiger partial charge in [0.2, 0.25) is 0 Å². The number of nitrogens with zero attached hydrogens (tertiary/aromatic N) is 3. The van der Waals surface area contributed by atoms with Gasteiger partial charge in [0, 0.05) is 18.2 Å². The van der Waals surface area contributed by atoms with Crippen LogP contribution in [0, 0.1) is 5.41 Å². The molecule has 0 fully saturated rings. The Morgan fingerprint density at radius 2 is 1.41 bits per heavy atom. The number of hydrogen-bond acceptors (Lipinski definition) is 3. The summed E-state index contributed by atoms with van der Waals surface area (Å²) in [5.41, 5.74) is 5.52. The summed E-state index contributed by atoms with van der Waals surface area (Å²) in [7, 11) is 4.46. The second kappa shape index (κ2) is 6.08. The maximum absolute atomic E-state index is 2.58. The monoisotopic (exact) mass is 359 g/mol. The predicted octanol–water partition coefficient (Wildman–Crippen LogP) is 3.29. The molecule has 2 heterocycles. The summed E-state index contributed by atoms with van der Waals surface area (Å²) in [4.78, 5) is 7.46. The van der Waals surface area contributed by atoms with E-state index in [-0.39, 0.29) is 12.4 Å². The first-order chi connectivity index (χ1) is 12.7. The Bertz CT molecular complexity index is 1000. The minimum atomic E-state index is 0.0676. The van der Waals surface area contributed by atoms with Crippen LogP contribution in [-0.4, -0.2) is 32.1 Å². The summed E-state index contributed by atoms with van der Waals surface area (Å²) in [6.45, 7) is 11.8. The molecule has 0 saturated heterocycles. The average Bonchev–Trinajstić information content (AvgIpc) is 2.86. The van der Waals surface area contributed by atoms with E-state index in [9.17, 15) is 0 Å². The van der Waals surface area contributed by atoms with Crippen LogP contribution in [0.5, 0.6) is 0 Å². The van der Waals surface area contributed by atoms with E-state index >= 15 is 0 Å². The Balaban J connectivity index is 1.98. The van der Waals surface area contributed by atoms with Gasteiger partial charge in [-0.2, -0.15) is 0 Å². The highest BCUT2D eigenvalue weighted by Gasteiger charge is 2.44. The minimum absolute atomic E-state index is 0.0676. The van der Waals surface area contributed by atoms with Gasteiger partial charge in [-0.15, -0.1) is 0 Å². The Kier molecular flexibility index (Phi) is 4.06. The zero-order chi connectivity index (χ0) is 19.5. The van der Waals surface area contributed by atoms with Crippen LogP contribution in [0.1, 0.15) is 34.6 Å². The van der Waals surface area contributed by atoms with Crippen molar-refractivity contribution >= 4 is 29.5 Å². The fraction of sp³-hybridized carbons (Fsp3) is 0.391. The highest BCUT2D eigenvalue weighted by Crippen LogP contribution is 2.42. The highest BCUT2D eigenvalue weighted by atomic mass is 15.4. The summed E-state index contributed by atoms with van der Waals surface area (Å²) in [6, 6.07) is 17.7. The molecule has 0 unspecified atom stereocenters. The lowest BCUT2D eigenvalue weighted by Crippen LogP contribution is -2.62. The van der Waals surface area contributed by atoms with E-state index in [1.54, 1.807) is 0 Å². The molecule has 2 aromatic carbocycles. The molecule has 2 aromatic rings. The quantitative estimate of drug-likeness (QED) is 0.724. The summed E-state index contributed by atoms with van der Waals surface area (Å²) in [6.07, 6.45) is 0.302. The van der Waals surface area contributed by atoms with Gasteiger partial charge in [-0.3, -0.25) is 0 Å². The molecule has 0 N–H and O–H groups in total. The summed E-state index contributed by atoms with van der Waals surface area (Å²) in [5, 5.41) is 2.75. The molecular formula is C23H30BN3. The lowest BCUT2D eigenvalue weighted by atomic mass is 9.59. The van der Waals surface area contributed by atoms with E-state index in [1.807, 2.05) is 0 Å². The predicted molar refractivity (Wildman–Crippen MR) is 118 cm³/mol. The van der Waals surface area contributed by atoms with Gasteiger partial charge in [-0.05, 0) is 48.9 Å². The van der Waals surface area contributed by atoms with Crippen molar-refractivity contribution in [2.24, 2.45) is 5.41 Å². The first-order valence-electron chi connectivity index (χ1n) is 9.87. The molecule has 4 heteroatoms. The molecule has 0 aromatic heterocycles. The lowest BCUT2D eigenvalue weighted by Gasteiger charge is -2.45. The van der Waals surface area contributed by atoms with Crippen molar-refractivity contribution in [1.82, 2.24) is 4.81 Å². The number of hydrogen-bond donors (Lipinski definition) is 0. The molecule has 0 amide bonds. The van der Waals surface area contributed by atoms with E-state index in [0.29, 0.717) is 6.17 Å². The Hall–Kier alpha value is -2.36. The molecule has 0 aliphatic carbocycles. The Labute approximate surface area is 163 Å². The van der Waals surface area contributed by atoms with Crippen molar-refractivity contribution in [3.8, 4) is 0 Å².